The van der Waals surface area contributed by atoms with Crippen molar-refractivity contribution in [3.63, 3.8) is 0 Å². The summed E-state index contributed by atoms with van der Waals surface area (Å²) in [5.74, 6) is 1.53. The molecular weight excluding hydrogens is 174 g/mol. The van der Waals surface area contributed by atoms with Gasteiger partial charge in [0.1, 0.15) is 5.69 Å². The number of rotatable bonds is 2. The highest BCUT2D eigenvalue weighted by Gasteiger charge is 2.03. The molecule has 0 aliphatic carbocycles. The molecule has 0 saturated heterocycles. The van der Waals surface area contributed by atoms with Gasteiger partial charge in [0.15, 0.2) is 11.7 Å². The van der Waals surface area contributed by atoms with Crippen molar-refractivity contribution in [2.24, 2.45) is 0 Å². The minimum atomic E-state index is 0.705. The SMILES string of the molecule is C/C=C\c1nc(C)oc1/C=C\C.CC. The Hall–Kier alpha value is -1.31. The highest BCUT2D eigenvalue weighted by Crippen LogP contribution is 2.13. The summed E-state index contributed by atoms with van der Waals surface area (Å²) < 4.78 is 5.36. The Balaban J connectivity index is 0.000000791. The summed E-state index contributed by atoms with van der Waals surface area (Å²) in [6, 6.07) is 0. The molecule has 0 N–H and O–H groups in total. The van der Waals surface area contributed by atoms with E-state index in [0.29, 0.717) is 5.89 Å². The van der Waals surface area contributed by atoms with Gasteiger partial charge in [-0.1, -0.05) is 26.0 Å². The number of oxazole rings is 1. The first kappa shape index (κ1) is 12.7. The minimum absolute atomic E-state index is 0.705. The van der Waals surface area contributed by atoms with E-state index in [4.69, 9.17) is 4.42 Å². The maximum Gasteiger partial charge on any atom is 0.192 e. The summed E-state index contributed by atoms with van der Waals surface area (Å²) in [7, 11) is 0. The molecule has 1 rings (SSSR count). The van der Waals surface area contributed by atoms with E-state index in [1.807, 2.05) is 58.9 Å². The predicted octanol–water partition coefficient (Wildman–Crippen LogP) is 4.08. The molecule has 0 spiro atoms. The molecule has 1 aromatic rings. The number of hydrogen-bond donors (Lipinski definition) is 0. The molecule has 78 valence electrons. The van der Waals surface area contributed by atoms with Crippen LogP contribution in [0.5, 0.6) is 0 Å². The Labute approximate surface area is 86.4 Å². The molecular formula is C12H19NO. The van der Waals surface area contributed by atoms with Crippen LogP contribution >= 0.6 is 0 Å². The van der Waals surface area contributed by atoms with Crippen LogP contribution in [0, 0.1) is 6.92 Å². The van der Waals surface area contributed by atoms with Gasteiger partial charge >= 0.3 is 0 Å². The summed E-state index contributed by atoms with van der Waals surface area (Å²) in [6.45, 7) is 9.76. The molecule has 0 amide bonds. The third-order valence-corrected chi connectivity index (χ3v) is 1.43. The fraction of sp³-hybridized carbons (Fsp3) is 0.417. The third kappa shape index (κ3) is 3.60. The van der Waals surface area contributed by atoms with Crippen LogP contribution < -0.4 is 0 Å². The average molecular weight is 193 g/mol. The normalized spacial score (nSPS) is 10.6. The van der Waals surface area contributed by atoms with Crippen LogP contribution in [0.4, 0.5) is 0 Å². The van der Waals surface area contributed by atoms with Crippen molar-refractivity contribution in [3.05, 3.63) is 29.5 Å². The van der Waals surface area contributed by atoms with Crippen LogP contribution in [0.2, 0.25) is 0 Å². The molecule has 0 unspecified atom stereocenters. The molecule has 0 atom stereocenters. The topological polar surface area (TPSA) is 26.0 Å². The van der Waals surface area contributed by atoms with Gasteiger partial charge in [-0.25, -0.2) is 4.98 Å². The summed E-state index contributed by atoms with van der Waals surface area (Å²) in [5.41, 5.74) is 0.896. The average Bonchev–Trinajstić information content (AvgIpc) is 2.51. The first-order valence-electron chi connectivity index (χ1n) is 5.00. The van der Waals surface area contributed by atoms with Gasteiger partial charge in [0, 0.05) is 6.92 Å². The fourth-order valence-electron chi connectivity index (χ4n) is 1.01. The highest BCUT2D eigenvalue weighted by molar-refractivity contribution is 5.57. The van der Waals surface area contributed by atoms with Crippen molar-refractivity contribution in [1.29, 1.82) is 0 Å². The molecule has 0 fully saturated rings. The van der Waals surface area contributed by atoms with Gasteiger partial charge in [-0.3, -0.25) is 0 Å². The first-order valence-corrected chi connectivity index (χ1v) is 5.00. The van der Waals surface area contributed by atoms with E-state index in [-0.39, 0.29) is 0 Å². The van der Waals surface area contributed by atoms with Crippen LogP contribution in [-0.2, 0) is 0 Å². The van der Waals surface area contributed by atoms with E-state index in [0.717, 1.165) is 11.5 Å². The van der Waals surface area contributed by atoms with Crippen LogP contribution in [0.15, 0.2) is 16.6 Å². The molecule has 0 aliphatic rings. The van der Waals surface area contributed by atoms with Crippen LogP contribution in [0.1, 0.15) is 45.0 Å². The number of hydrogen-bond acceptors (Lipinski definition) is 2. The van der Waals surface area contributed by atoms with Gasteiger partial charge in [0.2, 0.25) is 0 Å². The lowest BCUT2D eigenvalue weighted by Crippen LogP contribution is -1.74. The number of aromatic nitrogens is 1. The maximum absolute atomic E-state index is 5.36. The van der Waals surface area contributed by atoms with Crippen LogP contribution in [0.3, 0.4) is 0 Å². The molecule has 0 bridgehead atoms. The van der Waals surface area contributed by atoms with Crippen molar-refractivity contribution >= 4 is 12.2 Å². The zero-order valence-corrected chi connectivity index (χ0v) is 9.66. The largest absolute Gasteiger partial charge is 0.441 e. The Morgan fingerprint density at radius 2 is 1.64 bits per heavy atom. The van der Waals surface area contributed by atoms with Gasteiger partial charge in [-0.05, 0) is 26.0 Å². The number of nitrogens with zero attached hydrogens (tertiary/aromatic N) is 1. The lowest BCUT2D eigenvalue weighted by Gasteiger charge is -1.84. The number of aryl methyl sites for hydroxylation is 1. The van der Waals surface area contributed by atoms with Crippen LogP contribution in [-0.4, -0.2) is 4.98 Å². The summed E-state index contributed by atoms with van der Waals surface area (Å²) in [4.78, 5) is 4.21. The second-order valence-corrected chi connectivity index (χ2v) is 2.48. The van der Waals surface area contributed by atoms with Gasteiger partial charge in [0.05, 0.1) is 0 Å². The Morgan fingerprint density at radius 3 is 2.14 bits per heavy atom. The summed E-state index contributed by atoms with van der Waals surface area (Å²) in [6.07, 6.45) is 7.73. The van der Waals surface area contributed by atoms with Gasteiger partial charge < -0.3 is 4.42 Å². The second kappa shape index (κ2) is 7.13. The van der Waals surface area contributed by atoms with Crippen molar-refractivity contribution in [1.82, 2.24) is 4.98 Å². The lowest BCUT2D eigenvalue weighted by atomic mass is 10.3. The molecule has 0 aliphatic heterocycles. The zero-order chi connectivity index (χ0) is 11.0. The third-order valence-electron chi connectivity index (χ3n) is 1.43. The van der Waals surface area contributed by atoms with E-state index in [1.54, 1.807) is 0 Å². The maximum atomic E-state index is 5.36. The summed E-state index contributed by atoms with van der Waals surface area (Å²) >= 11 is 0. The molecule has 14 heavy (non-hydrogen) atoms. The van der Waals surface area contributed by atoms with Crippen LogP contribution in [0.25, 0.3) is 12.2 Å². The second-order valence-electron chi connectivity index (χ2n) is 2.48. The Kier molecular flexibility index (Phi) is 6.46. The molecule has 0 aromatic carbocycles. The van der Waals surface area contributed by atoms with E-state index >= 15 is 0 Å². The molecule has 0 radical (unpaired) electrons. The summed E-state index contributed by atoms with van der Waals surface area (Å²) in [5, 5.41) is 0. The Bertz CT molecular complexity index is 279. The zero-order valence-electron chi connectivity index (χ0n) is 9.66. The Morgan fingerprint density at radius 1 is 1.07 bits per heavy atom. The van der Waals surface area contributed by atoms with E-state index in [2.05, 4.69) is 4.98 Å². The van der Waals surface area contributed by atoms with Crippen molar-refractivity contribution in [2.75, 3.05) is 0 Å². The van der Waals surface area contributed by atoms with E-state index in [9.17, 15) is 0 Å². The van der Waals surface area contributed by atoms with E-state index < -0.39 is 0 Å². The van der Waals surface area contributed by atoms with E-state index in [1.165, 1.54) is 0 Å². The predicted molar refractivity (Wildman–Crippen MR) is 62.0 cm³/mol. The molecule has 2 heteroatoms. The van der Waals surface area contributed by atoms with Gasteiger partial charge in [-0.15, -0.1) is 0 Å². The lowest BCUT2D eigenvalue weighted by molar-refractivity contribution is 0.513. The first-order chi connectivity index (χ1) is 6.77. The molecule has 1 heterocycles. The standard InChI is InChI=1S/C10H13NO.C2H6/c1-4-6-9-10(7-5-2)12-8(3)11-9;1-2/h4-7H,1-3H3;1-2H3/b6-4-,7-5-;. The van der Waals surface area contributed by atoms with Gasteiger partial charge in [-0.2, -0.15) is 0 Å². The molecule has 1 aromatic heterocycles. The minimum Gasteiger partial charge on any atom is -0.441 e. The van der Waals surface area contributed by atoms with Crippen molar-refractivity contribution in [3.8, 4) is 0 Å². The smallest absolute Gasteiger partial charge is 0.192 e. The van der Waals surface area contributed by atoms with Gasteiger partial charge in [0.25, 0.3) is 0 Å². The quantitative estimate of drug-likeness (QED) is 0.707. The number of allylic oxidation sites excluding steroid dienone is 2. The molecule has 0 saturated carbocycles. The highest BCUT2D eigenvalue weighted by atomic mass is 16.4. The van der Waals surface area contributed by atoms with Crippen molar-refractivity contribution in [2.45, 2.75) is 34.6 Å². The fourth-order valence-corrected chi connectivity index (χ4v) is 1.01. The molecule has 2 nitrogen and oxygen atoms in total. The van der Waals surface area contributed by atoms with Crippen molar-refractivity contribution < 1.29 is 4.42 Å². The monoisotopic (exact) mass is 193 g/mol.